The van der Waals surface area contributed by atoms with Crippen molar-refractivity contribution in [3.8, 4) is 11.4 Å². The maximum absolute atomic E-state index is 5.45. The Hall–Kier alpha value is -10.1. The molecule has 0 spiro atoms. The van der Waals surface area contributed by atoms with E-state index in [1.165, 1.54) is 22.0 Å². The quantitative estimate of drug-likeness (QED) is 0.130. The number of fused-ring (bicyclic) bond motifs is 40. The molecule has 22 nitrogen and oxygen atoms in total. The first kappa shape index (κ1) is 85.8. The van der Waals surface area contributed by atoms with E-state index in [1.807, 2.05) is 198 Å². The number of para-hydroxylation sites is 2. The second-order valence-electron chi connectivity index (χ2n) is 24.9. The van der Waals surface area contributed by atoms with Gasteiger partial charge in [0, 0.05) is 206 Å². The minimum Gasteiger partial charge on any atom is -0.661 e. The minimum atomic E-state index is -0.0824. The molecule has 2 atom stereocenters. The van der Waals surface area contributed by atoms with E-state index in [0.717, 1.165) is 151 Å². The summed E-state index contributed by atoms with van der Waals surface area (Å²) in [6, 6.07) is 72.0. The van der Waals surface area contributed by atoms with Gasteiger partial charge in [0.15, 0.2) is 6.39 Å². The van der Waals surface area contributed by atoms with Crippen molar-refractivity contribution in [1.29, 1.82) is 0 Å². The Morgan fingerprint density at radius 1 is 0.452 bits per heavy atom. The number of rotatable bonds is 0. The molecular weight excluding hydrogens is 2550 g/mol. The number of pyridine rings is 2. The first-order chi connectivity index (χ1) is 52.0. The van der Waals surface area contributed by atoms with E-state index < -0.39 is 0 Å². The van der Waals surface area contributed by atoms with E-state index in [4.69, 9.17) is 15.1 Å². The average molecular weight is 2610 g/mol. The van der Waals surface area contributed by atoms with Crippen molar-refractivity contribution in [3.63, 3.8) is 0 Å². The van der Waals surface area contributed by atoms with Crippen LogP contribution >= 0.6 is 22.7 Å². The van der Waals surface area contributed by atoms with E-state index in [1.54, 1.807) is 35.1 Å². The van der Waals surface area contributed by atoms with Gasteiger partial charge in [-0.1, -0.05) is 81.2 Å². The molecule has 26 rings (SSSR count). The summed E-state index contributed by atoms with van der Waals surface area (Å²) >= 11 is 3.34. The van der Waals surface area contributed by atoms with Gasteiger partial charge in [-0.2, -0.15) is 41.5 Å². The molecule has 30 heteroatoms. The largest absolute Gasteiger partial charge is 0.661 e. The molecule has 590 valence electrons. The number of oxazole rings is 1. The van der Waals surface area contributed by atoms with Crippen LogP contribution in [0.4, 0.5) is 34.0 Å². The van der Waals surface area contributed by atoms with Gasteiger partial charge in [-0.05, 0) is 88.7 Å². The number of hydrogen-bond acceptors (Lipinski definition) is 14. The fourth-order valence-corrected chi connectivity index (χ4v) is 16.6. The van der Waals surface area contributed by atoms with Crippen molar-refractivity contribution in [1.82, 2.24) is 80.6 Å². The molecule has 6 radical (unpaired) electrons. The third-order valence-corrected chi connectivity index (χ3v) is 21.0. The topological polar surface area (TPSA) is 200 Å². The van der Waals surface area contributed by atoms with Gasteiger partial charge >= 0.3 is 0 Å². The molecular formula is C85H65Ir6N21OS2-8. The molecule has 0 N–H and O–H groups in total. The van der Waals surface area contributed by atoms with Gasteiger partial charge in [0.2, 0.25) is 11.7 Å². The van der Waals surface area contributed by atoms with Crippen molar-refractivity contribution in [3.05, 3.63) is 319 Å². The number of imidazole rings is 6. The minimum absolute atomic E-state index is 0. The molecule has 0 aliphatic carbocycles. The molecule has 4 aliphatic rings. The number of thiazole rings is 1. The van der Waals surface area contributed by atoms with Crippen LogP contribution in [0.15, 0.2) is 254 Å². The molecule has 15 aromatic heterocycles. The Morgan fingerprint density at radius 3 is 1.82 bits per heavy atom. The van der Waals surface area contributed by atoms with Gasteiger partial charge in [-0.15, -0.1) is 154 Å². The molecule has 115 heavy (non-hydrogen) atoms. The predicted octanol–water partition coefficient (Wildman–Crippen LogP) is 20.7. The summed E-state index contributed by atoms with van der Waals surface area (Å²) in [4.78, 5) is 40.8. The molecule has 2 unspecified atom stereocenters. The van der Waals surface area contributed by atoms with Crippen LogP contribution in [0.1, 0.15) is 64.7 Å². The maximum Gasteiger partial charge on any atom is 0.204 e. The normalized spacial score (nSPS) is 12.9. The molecule has 0 bridgehead atoms. The third-order valence-electron chi connectivity index (χ3n) is 19.2. The van der Waals surface area contributed by atoms with Gasteiger partial charge in [0.05, 0.1) is 44.2 Å². The van der Waals surface area contributed by atoms with Crippen molar-refractivity contribution in [2.45, 2.75) is 55.9 Å². The van der Waals surface area contributed by atoms with Crippen LogP contribution in [0.2, 0.25) is 0 Å². The molecule has 4 aliphatic heterocycles. The van der Waals surface area contributed by atoms with Crippen molar-refractivity contribution >= 4 is 155 Å². The number of benzene rings is 7. The molecule has 0 fully saturated rings. The summed E-state index contributed by atoms with van der Waals surface area (Å²) in [5.74, 6) is 4.61. The monoisotopic (exact) mass is 2620 g/mol. The molecule has 22 aromatic rings. The van der Waals surface area contributed by atoms with Gasteiger partial charge < -0.3 is 55.9 Å². The first-order valence-corrected chi connectivity index (χ1v) is 35.3. The smallest absolute Gasteiger partial charge is 0.204 e. The zero-order valence-electron chi connectivity index (χ0n) is 57.4. The van der Waals surface area contributed by atoms with E-state index in [2.05, 4.69) is 173 Å². The van der Waals surface area contributed by atoms with Crippen LogP contribution in [-0.2, 0) is 121 Å². The van der Waals surface area contributed by atoms with E-state index in [9.17, 15) is 0 Å². The molecule has 0 amide bonds. The fourth-order valence-electron chi connectivity index (χ4n) is 14.9. The standard InChI is InChI=1S/C16H10N4.C14H11N4.C13H7N5S.C13H7N2O.C13H7N2S.C12H7N4.4CH4.6Ir/c1-3-7-13-11(5-1)16-18-12-6-2-4-8-14(12)19(16)15-9-10-17-20(13)15;1-9-14-17-8-7-15-13(17)11-5-3-4-6-12(11)18(14)10(2)16-9;1-2-4-9-8(3-1)11-16-10-12(19-7-15-10)18(11)13-14-5-6-17(9)13;1-2-5-10-9(4-1)12-13(16-8-14-12)11-6-3-7-15(10)11;1-2-4-10-9(3-1)11-5-8-16-13(11)15-7-6-14-12(10)15;1-2-4-10-9(3-1)11-13-5-8-16(11)12-14-6-7-15(10)12;;;;;;;;;;/h1-4,6-10,16H;3-4,6-8H,1-2H3;1-2,4-7,11H;2*1-3,5-8H;1-2,4-8H;4*1H4;;;;;;/q-2;-1;-2;3*-1;;;;;;;;;;. The second kappa shape index (κ2) is 35.2. The van der Waals surface area contributed by atoms with Crippen LogP contribution in [0.5, 0.6) is 0 Å². The third kappa shape index (κ3) is 13.9. The molecule has 7 aromatic carbocycles. The van der Waals surface area contributed by atoms with Crippen LogP contribution in [0, 0.1) is 50.2 Å². The molecule has 19 heterocycles. The Balaban J connectivity index is 0.000000134. The van der Waals surface area contributed by atoms with Crippen molar-refractivity contribution in [2.75, 3.05) is 9.80 Å². The van der Waals surface area contributed by atoms with E-state index >= 15 is 0 Å². The van der Waals surface area contributed by atoms with E-state index in [0.29, 0.717) is 0 Å². The van der Waals surface area contributed by atoms with Crippen LogP contribution in [-0.4, -0.2) is 80.6 Å². The van der Waals surface area contributed by atoms with E-state index in [-0.39, 0.29) is 163 Å². The SMILES string of the molecule is C.C.C.C.Cc1nc(C)n2c3ccc[c-]c3c3nccn3c12.[Ir].[Ir].[Ir].[Ir].[Ir].[Ir].[c-]1cccc2c1C1[N-]c3ccccc3N1c1ccnn1-2.[c-]1cccc2c1C1[N-]c3ncsc3N1c1nccn1-2.[c-]1cccc2c1c1nccn1c1nccn21.[c-]1cccc2c1c1nccn1c1sccc21.[c-]1cccc2c1c1ncoc1c1cccn21. The van der Waals surface area contributed by atoms with Crippen LogP contribution < -0.4 is 9.80 Å². The van der Waals surface area contributed by atoms with Gasteiger partial charge in [0.1, 0.15) is 22.9 Å². The number of hydrogen-bond donors (Lipinski definition) is 0. The zero-order chi connectivity index (χ0) is 69.4. The number of anilines is 4. The number of thiophene rings is 1. The zero-order valence-corrected chi connectivity index (χ0v) is 73.4. The fraction of sp³-hybridized carbons (Fsp3) is 0.0941. The Bertz CT molecular complexity index is 6630. The Morgan fingerprint density at radius 2 is 1.04 bits per heavy atom. The summed E-state index contributed by atoms with van der Waals surface area (Å²) in [6.07, 6.45) is 24.1. The summed E-state index contributed by atoms with van der Waals surface area (Å²) in [6.45, 7) is 4.05. The summed E-state index contributed by atoms with van der Waals surface area (Å²) in [7, 11) is 0. The summed E-state index contributed by atoms with van der Waals surface area (Å²) in [5.41, 5.74) is 19.2. The van der Waals surface area contributed by atoms with Gasteiger partial charge in [-0.25, -0.2) is 15.0 Å². The Kier molecular flexibility index (Phi) is 26.2. The van der Waals surface area contributed by atoms with Gasteiger partial charge in [0.25, 0.3) is 0 Å². The number of aryl methyl sites for hydroxylation is 2. The van der Waals surface area contributed by atoms with Crippen molar-refractivity contribution < 1.29 is 125 Å². The predicted molar refractivity (Wildman–Crippen MR) is 434 cm³/mol. The van der Waals surface area contributed by atoms with Crippen LogP contribution in [0.3, 0.4) is 0 Å². The van der Waals surface area contributed by atoms with Gasteiger partial charge in [-0.3, -0.25) is 29.5 Å². The first-order valence-electron chi connectivity index (χ1n) is 33.6. The number of nitrogens with zero attached hydrogens (tertiary/aromatic N) is 21. The van der Waals surface area contributed by atoms with Crippen molar-refractivity contribution in [2.24, 2.45) is 0 Å². The maximum atomic E-state index is 5.45. The van der Waals surface area contributed by atoms with Crippen LogP contribution in [0.25, 0.3) is 121 Å². The summed E-state index contributed by atoms with van der Waals surface area (Å²) in [5, 5.41) is 23.8. The average Bonchev–Trinajstić information content (AvgIpc) is 1.56. The molecule has 0 saturated carbocycles. The Labute approximate surface area is 749 Å². The molecule has 0 saturated heterocycles. The summed E-state index contributed by atoms with van der Waals surface area (Å²) < 4.78 is 22.0. The second-order valence-corrected chi connectivity index (χ2v) is 26.6. The number of aromatic nitrogens is 17.